The first-order valence-corrected chi connectivity index (χ1v) is 7.00. The molecule has 0 aliphatic heterocycles. The number of amides is 2. The number of nitrogens with zero attached hydrogens (tertiary/aromatic N) is 1. The number of carbonyl (C=O) groups excluding carboxylic acids is 1. The number of benzene rings is 1. The fourth-order valence-electron chi connectivity index (χ4n) is 1.62. The second kappa shape index (κ2) is 5.83. The van der Waals surface area contributed by atoms with E-state index in [4.69, 9.17) is 10.3 Å². The Kier molecular flexibility index (Phi) is 4.69. The quantitative estimate of drug-likeness (QED) is 0.785. The maximum atomic E-state index is 11.3. The van der Waals surface area contributed by atoms with Gasteiger partial charge in [-0.2, -0.15) is 8.42 Å². The lowest BCUT2D eigenvalue weighted by Gasteiger charge is -2.22. The number of hydrogen-bond acceptors (Lipinski definition) is 3. The molecule has 0 unspecified atom stereocenters. The number of nitrogens with two attached hydrogens (primary N) is 1. The van der Waals surface area contributed by atoms with Gasteiger partial charge >= 0.3 is 6.03 Å². The molecule has 18 heavy (non-hydrogen) atoms. The minimum atomic E-state index is -4.02. The predicted octanol–water partition coefficient (Wildman–Crippen LogP) is 1.16. The second-order valence-electron chi connectivity index (χ2n) is 3.92. The molecule has 0 radical (unpaired) electrons. The lowest BCUT2D eigenvalue weighted by Crippen LogP contribution is -2.37. The van der Waals surface area contributed by atoms with Gasteiger partial charge in [0.05, 0.1) is 5.75 Å². The minimum absolute atomic E-state index is 0.121. The summed E-state index contributed by atoms with van der Waals surface area (Å²) >= 11 is 0. The summed E-state index contributed by atoms with van der Waals surface area (Å²) in [6.07, 6.45) is 0.121. The molecule has 0 aromatic heterocycles. The number of primary amides is 1. The van der Waals surface area contributed by atoms with Crippen LogP contribution in [0.4, 0.5) is 10.5 Å². The van der Waals surface area contributed by atoms with Gasteiger partial charge in [-0.25, -0.2) is 4.79 Å². The van der Waals surface area contributed by atoms with E-state index in [2.05, 4.69) is 0 Å². The van der Waals surface area contributed by atoms with Gasteiger partial charge in [-0.15, -0.1) is 0 Å². The van der Waals surface area contributed by atoms with E-state index in [0.29, 0.717) is 5.69 Å². The van der Waals surface area contributed by atoms with E-state index in [0.717, 1.165) is 5.56 Å². The number of hydrogen-bond donors (Lipinski definition) is 2. The van der Waals surface area contributed by atoms with Crippen molar-refractivity contribution in [1.82, 2.24) is 0 Å². The van der Waals surface area contributed by atoms with Crippen LogP contribution in [-0.2, 0) is 10.1 Å². The molecular weight excluding hydrogens is 256 g/mol. The van der Waals surface area contributed by atoms with Gasteiger partial charge in [-0.05, 0) is 25.0 Å². The highest BCUT2D eigenvalue weighted by Crippen LogP contribution is 2.19. The Morgan fingerprint density at radius 1 is 1.39 bits per heavy atom. The topological polar surface area (TPSA) is 101 Å². The molecule has 0 atom stereocenters. The highest BCUT2D eigenvalue weighted by molar-refractivity contribution is 7.85. The zero-order valence-corrected chi connectivity index (χ0v) is 10.9. The van der Waals surface area contributed by atoms with Crippen molar-refractivity contribution in [2.75, 3.05) is 17.2 Å². The smallest absolute Gasteiger partial charge is 0.319 e. The van der Waals surface area contributed by atoms with Crippen molar-refractivity contribution in [1.29, 1.82) is 0 Å². The van der Waals surface area contributed by atoms with Crippen molar-refractivity contribution in [2.45, 2.75) is 13.3 Å². The third kappa shape index (κ3) is 4.34. The fourth-order valence-corrected chi connectivity index (χ4v) is 2.11. The van der Waals surface area contributed by atoms with Gasteiger partial charge in [0.25, 0.3) is 10.1 Å². The predicted molar refractivity (Wildman–Crippen MR) is 69.1 cm³/mol. The van der Waals surface area contributed by atoms with Crippen molar-refractivity contribution < 1.29 is 17.8 Å². The van der Waals surface area contributed by atoms with Crippen LogP contribution in [0.2, 0.25) is 0 Å². The molecule has 7 heteroatoms. The molecule has 2 amide bonds. The number of rotatable bonds is 5. The maximum absolute atomic E-state index is 11.3. The third-order valence-electron chi connectivity index (χ3n) is 2.46. The van der Waals surface area contributed by atoms with Crippen LogP contribution in [0.5, 0.6) is 0 Å². The summed E-state index contributed by atoms with van der Waals surface area (Å²) in [5, 5.41) is 0. The molecule has 0 aliphatic carbocycles. The maximum Gasteiger partial charge on any atom is 0.319 e. The molecule has 100 valence electrons. The Morgan fingerprint density at radius 3 is 2.50 bits per heavy atom. The van der Waals surface area contributed by atoms with Gasteiger partial charge in [-0.1, -0.05) is 18.2 Å². The minimum Gasteiger partial charge on any atom is -0.351 e. The molecule has 0 spiro atoms. The Hall–Kier alpha value is -1.60. The number of urea groups is 1. The van der Waals surface area contributed by atoms with Crippen LogP contribution >= 0.6 is 0 Å². The molecule has 0 fully saturated rings. The highest BCUT2D eigenvalue weighted by atomic mass is 32.2. The summed E-state index contributed by atoms with van der Waals surface area (Å²) < 4.78 is 29.8. The molecule has 0 bridgehead atoms. The van der Waals surface area contributed by atoms with Crippen LogP contribution in [0, 0.1) is 6.92 Å². The summed E-state index contributed by atoms with van der Waals surface area (Å²) in [5.74, 6) is -0.400. The van der Waals surface area contributed by atoms with E-state index in [1.807, 2.05) is 19.1 Å². The first kappa shape index (κ1) is 14.5. The van der Waals surface area contributed by atoms with Crippen molar-refractivity contribution >= 4 is 21.8 Å². The van der Waals surface area contributed by atoms with Crippen LogP contribution in [-0.4, -0.2) is 31.3 Å². The molecule has 0 saturated heterocycles. The van der Waals surface area contributed by atoms with Gasteiger partial charge < -0.3 is 5.73 Å². The molecule has 0 aliphatic rings. The van der Waals surface area contributed by atoms with Crippen molar-refractivity contribution in [3.8, 4) is 0 Å². The normalized spacial score (nSPS) is 11.2. The summed E-state index contributed by atoms with van der Waals surface area (Å²) in [6.45, 7) is 1.97. The van der Waals surface area contributed by atoms with Crippen LogP contribution in [0.3, 0.4) is 0 Å². The summed E-state index contributed by atoms with van der Waals surface area (Å²) in [4.78, 5) is 12.6. The average Bonchev–Trinajstić information content (AvgIpc) is 2.24. The first-order chi connectivity index (χ1) is 8.31. The van der Waals surface area contributed by atoms with Crippen molar-refractivity contribution in [2.24, 2.45) is 5.73 Å². The number of anilines is 1. The summed E-state index contributed by atoms with van der Waals surface area (Å²) in [7, 11) is -4.02. The fraction of sp³-hybridized carbons (Fsp3) is 0.364. The van der Waals surface area contributed by atoms with Gasteiger partial charge in [0.15, 0.2) is 0 Å². The van der Waals surface area contributed by atoms with Crippen LogP contribution in [0.25, 0.3) is 0 Å². The zero-order valence-electron chi connectivity index (χ0n) is 10.0. The molecular formula is C11H16N2O4S. The molecule has 1 rings (SSSR count). The standard InChI is InChI=1S/C11H16N2O4S/c1-9-5-2-3-6-10(9)13(11(12)14)7-4-8-18(15,16)17/h2-3,5-6H,4,7-8H2,1H3,(H2,12,14)(H,15,16,17). The monoisotopic (exact) mass is 272 g/mol. The lowest BCUT2D eigenvalue weighted by atomic mass is 10.2. The highest BCUT2D eigenvalue weighted by Gasteiger charge is 2.15. The molecule has 1 aromatic carbocycles. The summed E-state index contributed by atoms with van der Waals surface area (Å²) in [5.41, 5.74) is 6.77. The molecule has 6 nitrogen and oxygen atoms in total. The largest absolute Gasteiger partial charge is 0.351 e. The van der Waals surface area contributed by atoms with E-state index < -0.39 is 21.9 Å². The van der Waals surface area contributed by atoms with Gasteiger partial charge in [0, 0.05) is 12.2 Å². The number of para-hydroxylation sites is 1. The number of carbonyl (C=O) groups is 1. The second-order valence-corrected chi connectivity index (χ2v) is 5.49. The zero-order chi connectivity index (χ0) is 13.8. The Morgan fingerprint density at radius 2 is 2.00 bits per heavy atom. The first-order valence-electron chi connectivity index (χ1n) is 5.39. The van der Waals surface area contributed by atoms with Gasteiger partial charge in [0.1, 0.15) is 0 Å². The molecule has 0 saturated carbocycles. The van der Waals surface area contributed by atoms with Crippen LogP contribution in [0.15, 0.2) is 24.3 Å². The van der Waals surface area contributed by atoms with Gasteiger partial charge in [0.2, 0.25) is 0 Å². The van der Waals surface area contributed by atoms with Gasteiger partial charge in [-0.3, -0.25) is 9.45 Å². The van der Waals surface area contributed by atoms with E-state index in [1.54, 1.807) is 12.1 Å². The third-order valence-corrected chi connectivity index (χ3v) is 3.26. The lowest BCUT2D eigenvalue weighted by molar-refractivity contribution is 0.254. The van der Waals surface area contributed by atoms with Crippen molar-refractivity contribution in [3.63, 3.8) is 0 Å². The van der Waals surface area contributed by atoms with E-state index in [9.17, 15) is 13.2 Å². The van der Waals surface area contributed by atoms with E-state index in [-0.39, 0.29) is 13.0 Å². The SMILES string of the molecule is Cc1ccccc1N(CCCS(=O)(=O)O)C(N)=O. The number of aryl methyl sites for hydroxylation is 1. The average molecular weight is 272 g/mol. The molecule has 0 heterocycles. The van der Waals surface area contributed by atoms with E-state index in [1.165, 1.54) is 4.90 Å². The molecule has 1 aromatic rings. The Bertz CT molecular complexity index is 528. The summed E-state index contributed by atoms with van der Waals surface area (Å²) in [6, 6.07) is 6.50. The Labute approximate surface area is 106 Å². The van der Waals surface area contributed by atoms with E-state index >= 15 is 0 Å². The van der Waals surface area contributed by atoms with Crippen molar-refractivity contribution in [3.05, 3.63) is 29.8 Å². The van der Waals surface area contributed by atoms with Crippen LogP contribution in [0.1, 0.15) is 12.0 Å². The van der Waals surface area contributed by atoms with Crippen LogP contribution < -0.4 is 10.6 Å². The molecule has 3 N–H and O–H groups in total. The Balaban J connectivity index is 2.79.